The predicted molar refractivity (Wildman–Crippen MR) is 112 cm³/mol. The van der Waals surface area contributed by atoms with E-state index in [4.69, 9.17) is 9.15 Å². The lowest BCUT2D eigenvalue weighted by molar-refractivity contribution is -0.116. The first-order chi connectivity index (χ1) is 13.3. The monoisotopic (exact) mass is 444 g/mol. The molecule has 1 heterocycles. The molecule has 0 aliphatic carbocycles. The van der Waals surface area contributed by atoms with Crippen LogP contribution in [0.4, 0.5) is 5.69 Å². The van der Waals surface area contributed by atoms with E-state index in [1.807, 2.05) is 38.1 Å². The van der Waals surface area contributed by atoms with Gasteiger partial charge < -0.3 is 19.4 Å². The number of carbonyl (C=O) groups is 2. The van der Waals surface area contributed by atoms with Gasteiger partial charge in [0.2, 0.25) is 5.91 Å². The zero-order valence-corrected chi connectivity index (χ0v) is 17.7. The fourth-order valence-electron chi connectivity index (χ4n) is 2.95. The second-order valence-electron chi connectivity index (χ2n) is 6.59. The first kappa shape index (κ1) is 19.9. The summed E-state index contributed by atoms with van der Waals surface area (Å²) in [5.74, 6) is 0.276. The topological polar surface area (TPSA) is 71.8 Å². The molecule has 3 rings (SSSR count). The van der Waals surface area contributed by atoms with Gasteiger partial charge in [-0.15, -0.1) is 0 Å². The Labute approximate surface area is 171 Å². The quantitative estimate of drug-likeness (QED) is 0.627. The Morgan fingerprint density at radius 2 is 1.93 bits per heavy atom. The number of furan rings is 1. The molecule has 0 saturated heterocycles. The molecule has 0 spiro atoms. The van der Waals surface area contributed by atoms with E-state index >= 15 is 0 Å². The van der Waals surface area contributed by atoms with Gasteiger partial charge in [0.15, 0.2) is 5.76 Å². The van der Waals surface area contributed by atoms with Crippen LogP contribution in [-0.4, -0.2) is 37.4 Å². The zero-order valence-electron chi connectivity index (χ0n) is 16.1. The average molecular weight is 445 g/mol. The summed E-state index contributed by atoms with van der Waals surface area (Å²) in [7, 11) is 3.16. The summed E-state index contributed by atoms with van der Waals surface area (Å²) in [5.41, 5.74) is 2.96. The number of benzene rings is 2. The summed E-state index contributed by atoms with van der Waals surface area (Å²) in [4.78, 5) is 26.5. The van der Waals surface area contributed by atoms with Crippen LogP contribution in [0.1, 0.15) is 21.7 Å². The van der Waals surface area contributed by atoms with Crippen molar-refractivity contribution in [1.29, 1.82) is 0 Å². The van der Waals surface area contributed by atoms with Crippen LogP contribution in [0, 0.1) is 13.8 Å². The average Bonchev–Trinajstić information content (AvgIpc) is 2.99. The van der Waals surface area contributed by atoms with Crippen molar-refractivity contribution < 1.29 is 18.7 Å². The van der Waals surface area contributed by atoms with Crippen molar-refractivity contribution in [2.24, 2.45) is 0 Å². The number of amides is 2. The van der Waals surface area contributed by atoms with E-state index in [0.29, 0.717) is 17.0 Å². The fraction of sp³-hybridized carbons (Fsp3) is 0.238. The Balaban J connectivity index is 1.74. The second kappa shape index (κ2) is 8.06. The first-order valence-electron chi connectivity index (χ1n) is 8.68. The molecule has 7 heteroatoms. The minimum atomic E-state index is -0.352. The Morgan fingerprint density at radius 3 is 2.61 bits per heavy atom. The summed E-state index contributed by atoms with van der Waals surface area (Å²) >= 11 is 3.39. The molecule has 1 N–H and O–H groups in total. The van der Waals surface area contributed by atoms with Crippen molar-refractivity contribution in [3.05, 3.63) is 57.8 Å². The van der Waals surface area contributed by atoms with Gasteiger partial charge in [-0.1, -0.05) is 15.9 Å². The van der Waals surface area contributed by atoms with E-state index in [2.05, 4.69) is 21.2 Å². The molecule has 28 heavy (non-hydrogen) atoms. The highest BCUT2D eigenvalue weighted by Crippen LogP contribution is 2.29. The molecular weight excluding hydrogens is 424 g/mol. The van der Waals surface area contributed by atoms with Gasteiger partial charge in [0.1, 0.15) is 11.3 Å². The third kappa shape index (κ3) is 4.04. The molecular formula is C21H21BrN2O4. The third-order valence-electron chi connectivity index (χ3n) is 4.53. The molecule has 0 aliphatic heterocycles. The van der Waals surface area contributed by atoms with Gasteiger partial charge in [0, 0.05) is 28.2 Å². The molecule has 0 fully saturated rings. The number of nitrogens with zero attached hydrogens (tertiary/aromatic N) is 1. The van der Waals surface area contributed by atoms with Gasteiger partial charge in [0.25, 0.3) is 5.91 Å². The Bertz CT molecular complexity index is 1060. The number of ether oxygens (including phenoxy) is 1. The molecule has 146 valence electrons. The molecule has 2 aromatic carbocycles. The van der Waals surface area contributed by atoms with E-state index in [1.165, 1.54) is 4.90 Å². The van der Waals surface area contributed by atoms with E-state index in [-0.39, 0.29) is 24.1 Å². The Hall–Kier alpha value is -2.80. The largest absolute Gasteiger partial charge is 0.497 e. The van der Waals surface area contributed by atoms with Crippen LogP contribution >= 0.6 is 15.9 Å². The molecule has 0 saturated carbocycles. The number of likely N-dealkylation sites (N-methyl/N-ethyl adjacent to an activating group) is 1. The summed E-state index contributed by atoms with van der Waals surface area (Å²) in [6.45, 7) is 3.63. The smallest absolute Gasteiger partial charge is 0.290 e. The summed E-state index contributed by atoms with van der Waals surface area (Å²) in [6, 6.07) is 10.9. The fourth-order valence-corrected chi connectivity index (χ4v) is 3.42. The van der Waals surface area contributed by atoms with Crippen LogP contribution in [0.5, 0.6) is 5.75 Å². The molecule has 3 aromatic rings. The summed E-state index contributed by atoms with van der Waals surface area (Å²) in [6.07, 6.45) is 0. The molecule has 0 unspecified atom stereocenters. The van der Waals surface area contributed by atoms with Gasteiger partial charge in [-0.05, 0) is 55.8 Å². The predicted octanol–water partition coefficient (Wildman–Crippen LogP) is 4.53. The lowest BCUT2D eigenvalue weighted by Gasteiger charge is -2.16. The van der Waals surface area contributed by atoms with Gasteiger partial charge in [-0.3, -0.25) is 9.59 Å². The minimum Gasteiger partial charge on any atom is -0.497 e. The van der Waals surface area contributed by atoms with E-state index in [1.54, 1.807) is 26.3 Å². The van der Waals surface area contributed by atoms with Gasteiger partial charge in [0.05, 0.1) is 13.7 Å². The molecule has 1 aromatic heterocycles. The van der Waals surface area contributed by atoms with Crippen LogP contribution < -0.4 is 10.1 Å². The minimum absolute atomic E-state index is 0.0891. The Kier molecular flexibility index (Phi) is 5.74. The molecule has 0 atom stereocenters. The highest BCUT2D eigenvalue weighted by atomic mass is 79.9. The lowest BCUT2D eigenvalue weighted by atomic mass is 10.1. The van der Waals surface area contributed by atoms with Crippen LogP contribution in [-0.2, 0) is 4.79 Å². The van der Waals surface area contributed by atoms with E-state index in [9.17, 15) is 9.59 Å². The SMILES string of the molecule is COc1ccc2oc(C(=O)N(C)CC(=O)Nc3ccc(Br)cc3C)c(C)c2c1. The number of hydrogen-bond donors (Lipinski definition) is 1. The number of rotatable bonds is 5. The summed E-state index contributed by atoms with van der Waals surface area (Å²) < 4.78 is 11.9. The van der Waals surface area contributed by atoms with Crippen molar-refractivity contribution in [2.45, 2.75) is 13.8 Å². The number of hydrogen-bond acceptors (Lipinski definition) is 4. The number of methoxy groups -OCH3 is 1. The van der Waals surface area contributed by atoms with Crippen molar-refractivity contribution in [2.75, 3.05) is 26.0 Å². The van der Waals surface area contributed by atoms with Crippen molar-refractivity contribution in [1.82, 2.24) is 4.90 Å². The standard InChI is InChI=1S/C21H21BrN2O4/c1-12-9-14(22)5-7-17(12)23-19(25)11-24(3)21(26)20-13(2)16-10-15(27-4)6-8-18(16)28-20/h5-10H,11H2,1-4H3,(H,23,25). The van der Waals surface area contributed by atoms with Gasteiger partial charge in [-0.25, -0.2) is 0 Å². The molecule has 0 aliphatic rings. The second-order valence-corrected chi connectivity index (χ2v) is 7.50. The number of carbonyl (C=O) groups excluding carboxylic acids is 2. The summed E-state index contributed by atoms with van der Waals surface area (Å²) in [5, 5.41) is 3.64. The van der Waals surface area contributed by atoms with Crippen molar-refractivity contribution in [3.8, 4) is 5.75 Å². The van der Waals surface area contributed by atoms with Crippen LogP contribution in [0.25, 0.3) is 11.0 Å². The van der Waals surface area contributed by atoms with Crippen LogP contribution in [0.15, 0.2) is 45.3 Å². The van der Waals surface area contributed by atoms with E-state index < -0.39 is 0 Å². The maximum atomic E-state index is 12.8. The Morgan fingerprint density at radius 1 is 1.18 bits per heavy atom. The maximum absolute atomic E-state index is 12.8. The van der Waals surface area contributed by atoms with Crippen molar-refractivity contribution >= 4 is 44.4 Å². The number of halogens is 1. The number of anilines is 1. The first-order valence-corrected chi connectivity index (χ1v) is 9.48. The maximum Gasteiger partial charge on any atom is 0.290 e. The highest BCUT2D eigenvalue weighted by molar-refractivity contribution is 9.10. The van der Waals surface area contributed by atoms with Crippen LogP contribution in [0.2, 0.25) is 0 Å². The normalized spacial score (nSPS) is 10.8. The van der Waals surface area contributed by atoms with Crippen molar-refractivity contribution in [3.63, 3.8) is 0 Å². The number of aryl methyl sites for hydroxylation is 2. The van der Waals surface area contributed by atoms with Crippen LogP contribution in [0.3, 0.4) is 0 Å². The van der Waals surface area contributed by atoms with E-state index in [0.717, 1.165) is 21.0 Å². The number of fused-ring (bicyclic) bond motifs is 1. The highest BCUT2D eigenvalue weighted by Gasteiger charge is 2.23. The number of nitrogens with one attached hydrogen (secondary N) is 1. The molecule has 0 bridgehead atoms. The lowest BCUT2D eigenvalue weighted by Crippen LogP contribution is -2.35. The molecule has 6 nitrogen and oxygen atoms in total. The third-order valence-corrected chi connectivity index (χ3v) is 5.02. The zero-order chi connectivity index (χ0) is 20.4. The molecule has 2 amide bonds. The van der Waals surface area contributed by atoms with Gasteiger partial charge >= 0.3 is 0 Å². The van der Waals surface area contributed by atoms with Gasteiger partial charge in [-0.2, -0.15) is 0 Å². The molecule has 0 radical (unpaired) electrons.